The van der Waals surface area contributed by atoms with Gasteiger partial charge < -0.3 is 15.2 Å². The van der Waals surface area contributed by atoms with Crippen LogP contribution in [0.25, 0.3) is 0 Å². The van der Waals surface area contributed by atoms with Gasteiger partial charge in [0.25, 0.3) is 0 Å². The summed E-state index contributed by atoms with van der Waals surface area (Å²) in [6, 6.07) is 9.73. The van der Waals surface area contributed by atoms with E-state index in [4.69, 9.17) is 26.8 Å². The number of halogens is 2. The van der Waals surface area contributed by atoms with Gasteiger partial charge in [0.15, 0.2) is 11.5 Å². The van der Waals surface area contributed by atoms with Crippen molar-refractivity contribution < 1.29 is 9.47 Å². The van der Waals surface area contributed by atoms with Crippen LogP contribution in [-0.2, 0) is 5.75 Å². The molecule has 0 atom stereocenters. The zero-order chi connectivity index (χ0) is 14.1. The summed E-state index contributed by atoms with van der Waals surface area (Å²) in [6.45, 7) is 0.227. The van der Waals surface area contributed by atoms with Crippen LogP contribution in [-0.4, -0.2) is 6.79 Å². The molecule has 6 heteroatoms. The van der Waals surface area contributed by atoms with Gasteiger partial charge in [0, 0.05) is 20.8 Å². The second kappa shape index (κ2) is 5.76. The van der Waals surface area contributed by atoms with Gasteiger partial charge in [-0.15, -0.1) is 11.8 Å². The molecule has 20 heavy (non-hydrogen) atoms. The van der Waals surface area contributed by atoms with Crippen LogP contribution in [0.15, 0.2) is 39.7 Å². The van der Waals surface area contributed by atoms with E-state index in [-0.39, 0.29) is 6.79 Å². The summed E-state index contributed by atoms with van der Waals surface area (Å²) < 4.78 is 11.6. The fraction of sp³-hybridized carbons (Fsp3) is 0.143. The van der Waals surface area contributed by atoms with E-state index in [1.165, 1.54) is 0 Å². The molecule has 0 amide bonds. The van der Waals surface area contributed by atoms with E-state index in [1.54, 1.807) is 11.8 Å². The molecule has 0 spiro atoms. The van der Waals surface area contributed by atoms with E-state index in [9.17, 15) is 0 Å². The lowest BCUT2D eigenvalue weighted by molar-refractivity contribution is 0.174. The van der Waals surface area contributed by atoms with Crippen LogP contribution in [0.5, 0.6) is 11.5 Å². The monoisotopic (exact) mass is 371 g/mol. The Hall–Kier alpha value is -1.04. The number of anilines is 1. The Morgan fingerprint density at radius 3 is 2.90 bits per heavy atom. The van der Waals surface area contributed by atoms with Crippen LogP contribution in [0.1, 0.15) is 5.56 Å². The highest BCUT2D eigenvalue weighted by Gasteiger charge is 2.18. The summed E-state index contributed by atoms with van der Waals surface area (Å²) in [4.78, 5) is 1.04. The summed E-state index contributed by atoms with van der Waals surface area (Å²) in [5.74, 6) is 2.10. The Morgan fingerprint density at radius 2 is 2.10 bits per heavy atom. The number of rotatable bonds is 3. The third kappa shape index (κ3) is 2.85. The first-order valence-electron chi connectivity index (χ1n) is 5.89. The topological polar surface area (TPSA) is 44.5 Å². The van der Waals surface area contributed by atoms with Crippen molar-refractivity contribution in [1.29, 1.82) is 0 Å². The molecule has 0 radical (unpaired) electrons. The number of hydrogen-bond acceptors (Lipinski definition) is 4. The van der Waals surface area contributed by atoms with E-state index in [1.807, 2.05) is 30.3 Å². The molecule has 0 unspecified atom stereocenters. The van der Waals surface area contributed by atoms with E-state index < -0.39 is 0 Å². The van der Waals surface area contributed by atoms with Crippen molar-refractivity contribution in [3.8, 4) is 11.5 Å². The maximum absolute atomic E-state index is 6.16. The first-order valence-corrected chi connectivity index (χ1v) is 8.05. The zero-order valence-corrected chi connectivity index (χ0v) is 13.5. The first-order chi connectivity index (χ1) is 9.63. The normalized spacial score (nSPS) is 12.7. The summed E-state index contributed by atoms with van der Waals surface area (Å²) in [5, 5.41) is 0.583. The lowest BCUT2D eigenvalue weighted by Crippen LogP contribution is -1.93. The predicted molar refractivity (Wildman–Crippen MR) is 85.7 cm³/mol. The van der Waals surface area contributed by atoms with Gasteiger partial charge in [0.2, 0.25) is 6.79 Å². The molecule has 2 N–H and O–H groups in total. The smallest absolute Gasteiger partial charge is 0.231 e. The van der Waals surface area contributed by atoms with Crippen molar-refractivity contribution in [2.45, 2.75) is 10.6 Å². The average molecular weight is 373 g/mol. The highest BCUT2D eigenvalue weighted by molar-refractivity contribution is 9.10. The quantitative estimate of drug-likeness (QED) is 0.626. The Bertz CT molecular complexity index is 666. The number of nitrogens with two attached hydrogens (primary N) is 1. The number of thioether (sulfide) groups is 1. The van der Waals surface area contributed by atoms with Gasteiger partial charge in [0.05, 0.1) is 5.02 Å². The fourth-order valence-corrected chi connectivity index (χ4v) is 3.46. The highest BCUT2D eigenvalue weighted by atomic mass is 79.9. The number of benzene rings is 2. The predicted octanol–water partition coefficient (Wildman–Crippen LogP) is 4.71. The molecule has 1 aliphatic rings. The summed E-state index contributed by atoms with van der Waals surface area (Å²) in [7, 11) is 0. The first kappa shape index (κ1) is 13.9. The molecule has 0 bridgehead atoms. The number of ether oxygens (including phenoxy) is 2. The molecule has 0 fully saturated rings. The van der Waals surface area contributed by atoms with Crippen LogP contribution < -0.4 is 15.2 Å². The summed E-state index contributed by atoms with van der Waals surface area (Å²) in [6.07, 6.45) is 0. The van der Waals surface area contributed by atoms with Gasteiger partial charge in [-0.3, -0.25) is 0 Å². The number of nitrogen functional groups attached to an aromatic ring is 1. The van der Waals surface area contributed by atoms with Crippen LogP contribution in [0.2, 0.25) is 5.02 Å². The standard InChI is InChI=1S/C14H11BrClNO2S/c15-9-1-2-13(11(17)5-9)20-6-8-3-10(16)14-12(4-8)18-7-19-14/h1-5H,6-7,17H2. The molecule has 2 aromatic carbocycles. The molecular formula is C14H11BrClNO2S. The summed E-state index contributed by atoms with van der Waals surface area (Å²) >= 11 is 11.2. The fourth-order valence-electron chi connectivity index (χ4n) is 1.92. The van der Waals surface area contributed by atoms with Gasteiger partial charge in [-0.2, -0.15) is 0 Å². The maximum Gasteiger partial charge on any atom is 0.231 e. The van der Waals surface area contributed by atoms with Crippen molar-refractivity contribution >= 4 is 45.0 Å². The highest BCUT2D eigenvalue weighted by Crippen LogP contribution is 2.41. The van der Waals surface area contributed by atoms with Crippen molar-refractivity contribution in [3.63, 3.8) is 0 Å². The molecule has 1 heterocycles. The SMILES string of the molecule is Nc1cc(Br)ccc1SCc1cc(Cl)c2c(c1)OCO2. The van der Waals surface area contributed by atoms with Gasteiger partial charge in [-0.25, -0.2) is 0 Å². The van der Waals surface area contributed by atoms with Gasteiger partial charge >= 0.3 is 0 Å². The molecule has 2 aromatic rings. The minimum Gasteiger partial charge on any atom is -0.454 e. The van der Waals surface area contributed by atoms with Crippen LogP contribution in [0.4, 0.5) is 5.69 Å². The van der Waals surface area contributed by atoms with Crippen molar-refractivity contribution in [3.05, 3.63) is 45.4 Å². The Kier molecular flexibility index (Phi) is 4.01. The molecule has 0 saturated carbocycles. The molecule has 0 saturated heterocycles. The molecule has 3 nitrogen and oxygen atoms in total. The largest absolute Gasteiger partial charge is 0.454 e. The van der Waals surface area contributed by atoms with Crippen LogP contribution in [0.3, 0.4) is 0 Å². The molecule has 1 aliphatic heterocycles. The minimum absolute atomic E-state index is 0.227. The van der Waals surface area contributed by atoms with Crippen LogP contribution in [0, 0.1) is 0 Å². The second-order valence-corrected chi connectivity index (χ2v) is 6.62. The van der Waals surface area contributed by atoms with Crippen molar-refractivity contribution in [2.24, 2.45) is 0 Å². The maximum atomic E-state index is 6.16. The molecular weight excluding hydrogens is 362 g/mol. The lowest BCUT2D eigenvalue weighted by Gasteiger charge is -2.07. The Balaban J connectivity index is 1.77. The molecule has 0 aliphatic carbocycles. The molecule has 104 valence electrons. The lowest BCUT2D eigenvalue weighted by atomic mass is 10.2. The average Bonchev–Trinajstić information content (AvgIpc) is 2.86. The zero-order valence-electron chi connectivity index (χ0n) is 10.4. The van der Waals surface area contributed by atoms with E-state index in [0.717, 1.165) is 26.4 Å². The van der Waals surface area contributed by atoms with E-state index in [2.05, 4.69) is 15.9 Å². The third-order valence-electron chi connectivity index (χ3n) is 2.85. The second-order valence-electron chi connectivity index (χ2n) is 4.28. The molecule has 3 rings (SSSR count). The van der Waals surface area contributed by atoms with Gasteiger partial charge in [-0.05, 0) is 35.9 Å². The van der Waals surface area contributed by atoms with Crippen LogP contribution >= 0.6 is 39.3 Å². The number of fused-ring (bicyclic) bond motifs is 1. The number of hydrogen-bond donors (Lipinski definition) is 1. The van der Waals surface area contributed by atoms with Crippen molar-refractivity contribution in [1.82, 2.24) is 0 Å². The Morgan fingerprint density at radius 1 is 1.25 bits per heavy atom. The summed E-state index contributed by atoms with van der Waals surface area (Å²) in [5.41, 5.74) is 7.82. The van der Waals surface area contributed by atoms with E-state index in [0.29, 0.717) is 16.5 Å². The third-order valence-corrected chi connectivity index (χ3v) is 4.79. The van der Waals surface area contributed by atoms with E-state index >= 15 is 0 Å². The Labute approximate surface area is 134 Å². The van der Waals surface area contributed by atoms with Gasteiger partial charge in [0.1, 0.15) is 0 Å². The molecule has 0 aromatic heterocycles. The minimum atomic E-state index is 0.227. The van der Waals surface area contributed by atoms with Gasteiger partial charge in [-0.1, -0.05) is 27.5 Å². The van der Waals surface area contributed by atoms with Crippen molar-refractivity contribution in [2.75, 3.05) is 12.5 Å².